The molecule has 16 heavy (non-hydrogen) atoms. The molecule has 1 saturated carbocycles. The Morgan fingerprint density at radius 3 is 2.69 bits per heavy atom. The van der Waals surface area contributed by atoms with Gasteiger partial charge in [0.2, 0.25) is 0 Å². The second-order valence-corrected chi connectivity index (χ2v) is 5.29. The maximum atomic E-state index is 11.7. The molecule has 1 aromatic heterocycles. The van der Waals surface area contributed by atoms with Gasteiger partial charge in [-0.05, 0) is 24.7 Å². The summed E-state index contributed by atoms with van der Waals surface area (Å²) in [7, 11) is 0. The summed E-state index contributed by atoms with van der Waals surface area (Å²) in [5.74, 6) is 0.261. The van der Waals surface area contributed by atoms with Gasteiger partial charge in [-0.3, -0.25) is 14.3 Å². The minimum atomic E-state index is -0.434. The van der Waals surface area contributed by atoms with Gasteiger partial charge in [-0.1, -0.05) is 13.8 Å². The minimum absolute atomic E-state index is 0.111. The number of rotatable bonds is 1. The lowest BCUT2D eigenvalue weighted by Gasteiger charge is -2.19. The molecule has 88 valence electrons. The van der Waals surface area contributed by atoms with Gasteiger partial charge in [0.25, 0.3) is 5.56 Å². The van der Waals surface area contributed by atoms with Crippen LogP contribution in [0, 0.1) is 5.41 Å². The average molecular weight is 223 g/mol. The highest BCUT2D eigenvalue weighted by molar-refractivity contribution is 5.27. The number of aromatic nitrogens is 2. The molecule has 0 bridgehead atoms. The summed E-state index contributed by atoms with van der Waals surface area (Å²) in [6, 6.07) is 1.38. The number of aromatic amines is 1. The molecule has 0 radical (unpaired) electrons. The number of H-pyrrole nitrogens is 1. The van der Waals surface area contributed by atoms with E-state index >= 15 is 0 Å². The fourth-order valence-electron chi connectivity index (χ4n) is 2.52. The highest BCUT2D eigenvalue weighted by Gasteiger charge is 2.33. The Bertz CT molecular complexity index is 513. The van der Waals surface area contributed by atoms with Crippen LogP contribution in [-0.2, 0) is 0 Å². The van der Waals surface area contributed by atoms with Crippen molar-refractivity contribution in [3.05, 3.63) is 26.9 Å². The second-order valence-electron chi connectivity index (χ2n) is 5.29. The van der Waals surface area contributed by atoms with Crippen LogP contribution in [0.15, 0.2) is 15.7 Å². The molecule has 2 rings (SSSR count). The van der Waals surface area contributed by atoms with Crippen molar-refractivity contribution < 1.29 is 0 Å². The Morgan fingerprint density at radius 1 is 1.50 bits per heavy atom. The van der Waals surface area contributed by atoms with Crippen LogP contribution < -0.4 is 17.0 Å². The van der Waals surface area contributed by atoms with Crippen molar-refractivity contribution >= 4 is 5.82 Å². The third-order valence-corrected chi connectivity index (χ3v) is 3.31. The van der Waals surface area contributed by atoms with E-state index in [0.717, 1.165) is 19.3 Å². The largest absolute Gasteiger partial charge is 0.385 e. The lowest BCUT2D eigenvalue weighted by atomic mass is 9.92. The number of anilines is 1. The number of hydrogen-bond acceptors (Lipinski definition) is 3. The molecule has 3 N–H and O–H groups in total. The molecular weight excluding hydrogens is 206 g/mol. The van der Waals surface area contributed by atoms with E-state index in [-0.39, 0.29) is 17.3 Å². The Hall–Kier alpha value is -1.52. The Balaban J connectivity index is 2.43. The number of nitrogens with zero attached hydrogens (tertiary/aromatic N) is 1. The lowest BCUT2D eigenvalue weighted by molar-refractivity contribution is 0.356. The third-order valence-electron chi connectivity index (χ3n) is 3.31. The van der Waals surface area contributed by atoms with Crippen molar-refractivity contribution in [3.63, 3.8) is 0 Å². The first-order valence-corrected chi connectivity index (χ1v) is 5.50. The van der Waals surface area contributed by atoms with Gasteiger partial charge >= 0.3 is 5.69 Å². The van der Waals surface area contributed by atoms with Crippen molar-refractivity contribution in [3.8, 4) is 0 Å². The fourth-order valence-corrected chi connectivity index (χ4v) is 2.52. The summed E-state index contributed by atoms with van der Waals surface area (Å²) in [5.41, 5.74) is 5.15. The zero-order valence-corrected chi connectivity index (χ0v) is 9.62. The molecule has 0 spiro atoms. The van der Waals surface area contributed by atoms with E-state index in [2.05, 4.69) is 18.8 Å². The second kappa shape index (κ2) is 3.50. The SMILES string of the molecule is CC1(C)CCC(n2c(N)cc(=O)[nH]c2=O)C1. The first-order valence-electron chi connectivity index (χ1n) is 5.50. The number of hydrogen-bond donors (Lipinski definition) is 2. The first kappa shape index (κ1) is 11.0. The quantitative estimate of drug-likeness (QED) is 0.741. The van der Waals surface area contributed by atoms with Crippen LogP contribution in [0.4, 0.5) is 5.82 Å². The van der Waals surface area contributed by atoms with Crippen LogP contribution in [0.3, 0.4) is 0 Å². The van der Waals surface area contributed by atoms with E-state index in [1.54, 1.807) is 0 Å². The molecule has 1 heterocycles. The summed E-state index contributed by atoms with van der Waals surface area (Å²) >= 11 is 0. The average Bonchev–Trinajstić information content (AvgIpc) is 2.44. The summed E-state index contributed by atoms with van der Waals surface area (Å²) in [6.07, 6.45) is 2.93. The van der Waals surface area contributed by atoms with E-state index in [9.17, 15) is 9.59 Å². The normalized spacial score (nSPS) is 23.5. The van der Waals surface area contributed by atoms with Crippen LogP contribution >= 0.6 is 0 Å². The minimum Gasteiger partial charge on any atom is -0.385 e. The van der Waals surface area contributed by atoms with E-state index in [4.69, 9.17) is 5.73 Å². The summed E-state index contributed by atoms with van der Waals surface area (Å²) in [4.78, 5) is 25.0. The van der Waals surface area contributed by atoms with Crippen molar-refractivity contribution in [2.24, 2.45) is 5.41 Å². The van der Waals surface area contributed by atoms with Crippen LogP contribution in [-0.4, -0.2) is 9.55 Å². The molecule has 5 nitrogen and oxygen atoms in total. The molecular formula is C11H17N3O2. The molecule has 1 aromatic rings. The van der Waals surface area contributed by atoms with E-state index < -0.39 is 11.2 Å². The van der Waals surface area contributed by atoms with E-state index in [1.165, 1.54) is 10.6 Å². The van der Waals surface area contributed by atoms with Gasteiger partial charge in [0.1, 0.15) is 5.82 Å². The highest BCUT2D eigenvalue weighted by atomic mass is 16.2. The van der Waals surface area contributed by atoms with Crippen molar-refractivity contribution in [2.75, 3.05) is 5.73 Å². The molecule has 1 unspecified atom stereocenters. The van der Waals surface area contributed by atoms with E-state index in [0.29, 0.717) is 0 Å². The van der Waals surface area contributed by atoms with Crippen LogP contribution in [0.5, 0.6) is 0 Å². The molecule has 0 saturated heterocycles. The van der Waals surface area contributed by atoms with Gasteiger partial charge < -0.3 is 5.73 Å². The van der Waals surface area contributed by atoms with Crippen LogP contribution in [0.2, 0.25) is 0 Å². The summed E-state index contributed by atoms with van der Waals surface area (Å²) in [6.45, 7) is 4.36. The zero-order valence-electron chi connectivity index (χ0n) is 9.62. The Kier molecular flexibility index (Phi) is 2.40. The molecule has 1 aliphatic rings. The molecule has 0 amide bonds. The summed E-state index contributed by atoms with van der Waals surface area (Å²) < 4.78 is 1.51. The van der Waals surface area contributed by atoms with Gasteiger partial charge in [-0.25, -0.2) is 4.79 Å². The van der Waals surface area contributed by atoms with Gasteiger partial charge in [0, 0.05) is 12.1 Å². The lowest BCUT2D eigenvalue weighted by Crippen LogP contribution is -2.33. The third kappa shape index (κ3) is 1.89. The van der Waals surface area contributed by atoms with Crippen molar-refractivity contribution in [2.45, 2.75) is 39.2 Å². The van der Waals surface area contributed by atoms with E-state index in [1.807, 2.05) is 0 Å². The highest BCUT2D eigenvalue weighted by Crippen LogP contribution is 2.43. The van der Waals surface area contributed by atoms with Crippen LogP contribution in [0.25, 0.3) is 0 Å². The first-order chi connectivity index (χ1) is 7.39. The maximum absolute atomic E-state index is 11.7. The molecule has 5 heteroatoms. The molecule has 1 fully saturated rings. The topological polar surface area (TPSA) is 80.9 Å². The molecule has 1 atom stereocenters. The van der Waals surface area contributed by atoms with Gasteiger partial charge in [0.15, 0.2) is 0 Å². The maximum Gasteiger partial charge on any atom is 0.330 e. The van der Waals surface area contributed by atoms with Gasteiger partial charge in [0.05, 0.1) is 0 Å². The predicted octanol–water partition coefficient (Wildman–Crippen LogP) is 0.870. The van der Waals surface area contributed by atoms with Crippen molar-refractivity contribution in [1.29, 1.82) is 0 Å². The monoisotopic (exact) mass is 223 g/mol. The Labute approximate surface area is 93.3 Å². The zero-order chi connectivity index (χ0) is 11.9. The molecule has 0 aromatic carbocycles. The summed E-state index contributed by atoms with van der Waals surface area (Å²) in [5, 5.41) is 0. The number of nitrogen functional groups attached to an aromatic ring is 1. The number of nitrogens with two attached hydrogens (primary N) is 1. The predicted molar refractivity (Wildman–Crippen MR) is 62.4 cm³/mol. The van der Waals surface area contributed by atoms with Gasteiger partial charge in [-0.15, -0.1) is 0 Å². The Morgan fingerprint density at radius 2 is 2.19 bits per heavy atom. The van der Waals surface area contributed by atoms with Crippen LogP contribution in [0.1, 0.15) is 39.2 Å². The standard InChI is InChI=1S/C11H17N3O2/c1-11(2)4-3-7(6-11)14-8(12)5-9(15)13-10(14)16/h5,7H,3-4,6,12H2,1-2H3,(H,13,15,16). The smallest absolute Gasteiger partial charge is 0.330 e. The van der Waals surface area contributed by atoms with Crippen molar-refractivity contribution in [1.82, 2.24) is 9.55 Å². The number of nitrogens with one attached hydrogen (secondary N) is 1. The molecule has 1 aliphatic carbocycles. The molecule has 0 aliphatic heterocycles. The fraction of sp³-hybridized carbons (Fsp3) is 0.636. The van der Waals surface area contributed by atoms with Gasteiger partial charge in [-0.2, -0.15) is 0 Å².